The summed E-state index contributed by atoms with van der Waals surface area (Å²) in [5.74, 6) is -1.17. The maximum Gasteiger partial charge on any atom is 0.481 e. The molecule has 0 aromatic rings. The summed E-state index contributed by atoms with van der Waals surface area (Å²) in [6.07, 6.45) is 4.21. The molecule has 6 fully saturated rings. The lowest BCUT2D eigenvalue weighted by atomic mass is 9.45. The summed E-state index contributed by atoms with van der Waals surface area (Å²) in [7, 11) is 5.97. The molecule has 3 aliphatic carbocycles. The van der Waals surface area contributed by atoms with Gasteiger partial charge in [0.2, 0.25) is 23.6 Å². The first-order valence-electron chi connectivity index (χ1n) is 24.8. The molecule has 16 heteroatoms. The van der Waals surface area contributed by atoms with E-state index in [9.17, 15) is 24.0 Å². The smallest absolute Gasteiger partial charge is 0.444 e. The van der Waals surface area contributed by atoms with Crippen molar-refractivity contribution in [2.45, 2.75) is 201 Å². The normalized spacial score (nSPS) is 29.3. The number of hydrogen-bond donors (Lipinski definition) is 1. The number of likely N-dealkylation sites (N-methyl/N-ethyl adjacent to an activating group) is 2. The molecular weight excluding hydrogens is 829 g/mol. The van der Waals surface area contributed by atoms with E-state index in [4.69, 9.17) is 23.5 Å². The summed E-state index contributed by atoms with van der Waals surface area (Å²) in [6.45, 7) is 26.8. The number of nitrogens with zero attached hydrogens (tertiary/aromatic N) is 4. The number of ether oxygens (including phenoxy) is 3. The van der Waals surface area contributed by atoms with E-state index in [-0.39, 0.29) is 71.0 Å². The van der Waals surface area contributed by atoms with E-state index in [0.717, 1.165) is 25.7 Å². The van der Waals surface area contributed by atoms with Crippen LogP contribution in [0.2, 0.25) is 0 Å². The van der Waals surface area contributed by atoms with Gasteiger partial charge < -0.3 is 43.5 Å². The van der Waals surface area contributed by atoms with E-state index in [0.29, 0.717) is 37.8 Å². The van der Waals surface area contributed by atoms with Crippen molar-refractivity contribution in [3.8, 4) is 0 Å². The van der Waals surface area contributed by atoms with Crippen molar-refractivity contribution in [1.29, 1.82) is 0 Å². The SMILES string of the molecule is CC[C@H](C)[C@@H]([C@@H](CC(=O)N1CCC[C@H]1[C@H](OC)[C@@H](C)C(=O)N1CCC[C@H]1B1OC2C3CC(C[C@]2(C)O1)C3(C)C)OC)N(C)C(=O)[C@@H](NC(=O)[C@H](C(C)C)N(C)C(=O)OC(C)(C)C)C(C)C. The lowest BCUT2D eigenvalue weighted by molar-refractivity contribution is -0.185. The first-order chi connectivity index (χ1) is 30.2. The van der Waals surface area contributed by atoms with Crippen molar-refractivity contribution in [2.24, 2.45) is 40.9 Å². The van der Waals surface area contributed by atoms with Crippen LogP contribution in [0.15, 0.2) is 0 Å². The fourth-order valence-corrected chi connectivity index (χ4v) is 12.2. The number of carbonyl (C=O) groups excluding carboxylic acids is 5. The van der Waals surface area contributed by atoms with Gasteiger partial charge in [0.05, 0.1) is 54.3 Å². The van der Waals surface area contributed by atoms with Gasteiger partial charge in [-0.25, -0.2) is 4.79 Å². The lowest BCUT2D eigenvalue weighted by Crippen LogP contribution is -2.63. The largest absolute Gasteiger partial charge is 0.481 e. The number of likely N-dealkylation sites (tertiary alicyclic amines) is 2. The first kappa shape index (κ1) is 53.0. The molecule has 3 saturated heterocycles. The molecule has 0 spiro atoms. The van der Waals surface area contributed by atoms with Gasteiger partial charge in [-0.15, -0.1) is 0 Å². The molecule has 6 aliphatic rings. The van der Waals surface area contributed by atoms with Gasteiger partial charge in [-0.3, -0.25) is 24.1 Å². The van der Waals surface area contributed by atoms with Crippen LogP contribution in [0.25, 0.3) is 0 Å². The van der Waals surface area contributed by atoms with Crippen molar-refractivity contribution in [3.63, 3.8) is 0 Å². The van der Waals surface area contributed by atoms with Gasteiger partial charge in [-0.05, 0) is 101 Å². The second-order valence-corrected chi connectivity index (χ2v) is 22.8. The van der Waals surface area contributed by atoms with Crippen molar-refractivity contribution < 1.29 is 47.5 Å². The number of methoxy groups -OCH3 is 2. The molecule has 5 amide bonds. The Morgan fingerprint density at radius 3 is 2.08 bits per heavy atom. The highest BCUT2D eigenvalue weighted by Crippen LogP contribution is 2.65. The van der Waals surface area contributed by atoms with Crippen LogP contribution in [0.1, 0.15) is 141 Å². The summed E-state index contributed by atoms with van der Waals surface area (Å²) in [4.78, 5) is 77.4. The maximum absolute atomic E-state index is 14.6. The van der Waals surface area contributed by atoms with Gasteiger partial charge in [-0.1, -0.05) is 68.7 Å². The predicted molar refractivity (Wildman–Crippen MR) is 250 cm³/mol. The molecule has 6 rings (SSSR count). The second kappa shape index (κ2) is 20.7. The molecule has 13 atom stereocenters. The Labute approximate surface area is 391 Å². The third kappa shape index (κ3) is 10.9. The number of rotatable bonds is 18. The summed E-state index contributed by atoms with van der Waals surface area (Å²) < 4.78 is 31.4. The maximum atomic E-state index is 14.6. The predicted octanol–water partition coefficient (Wildman–Crippen LogP) is 6.20. The Morgan fingerprint density at radius 2 is 1.52 bits per heavy atom. The zero-order valence-electron chi connectivity index (χ0n) is 43.1. The highest BCUT2D eigenvalue weighted by molar-refractivity contribution is 6.48. The van der Waals surface area contributed by atoms with Crippen LogP contribution in [0.5, 0.6) is 0 Å². The summed E-state index contributed by atoms with van der Waals surface area (Å²) in [5, 5.41) is 2.98. The Bertz CT molecular complexity index is 1710. The fraction of sp³-hybridized carbons (Fsp3) is 0.898. The van der Waals surface area contributed by atoms with Gasteiger partial charge in [0, 0.05) is 41.4 Å². The van der Waals surface area contributed by atoms with E-state index >= 15 is 0 Å². The number of amides is 5. The fourth-order valence-electron chi connectivity index (χ4n) is 12.2. The minimum Gasteiger partial charge on any atom is -0.444 e. The molecule has 0 radical (unpaired) electrons. The molecule has 3 heterocycles. The molecule has 0 aromatic carbocycles. The summed E-state index contributed by atoms with van der Waals surface area (Å²) in [5.41, 5.74) is -0.848. The van der Waals surface area contributed by atoms with Crippen LogP contribution in [0.3, 0.4) is 0 Å². The molecule has 2 bridgehead atoms. The number of nitrogens with one attached hydrogen (secondary N) is 1. The Balaban J connectivity index is 1.27. The molecule has 65 heavy (non-hydrogen) atoms. The van der Waals surface area contributed by atoms with Gasteiger partial charge in [-0.2, -0.15) is 0 Å². The molecule has 15 nitrogen and oxygen atoms in total. The zero-order chi connectivity index (χ0) is 48.7. The summed E-state index contributed by atoms with van der Waals surface area (Å²) >= 11 is 0. The van der Waals surface area contributed by atoms with Crippen LogP contribution in [-0.2, 0) is 42.7 Å². The Morgan fingerprint density at radius 1 is 0.892 bits per heavy atom. The topological polar surface area (TPSA) is 156 Å². The summed E-state index contributed by atoms with van der Waals surface area (Å²) in [6, 6.07) is -2.65. The molecule has 0 aromatic heterocycles. The van der Waals surface area contributed by atoms with E-state index in [1.165, 1.54) is 18.4 Å². The number of hydrogen-bond acceptors (Lipinski definition) is 10. The van der Waals surface area contributed by atoms with E-state index in [1.54, 1.807) is 46.9 Å². The minimum atomic E-state index is -0.920. The second-order valence-electron chi connectivity index (χ2n) is 22.8. The van der Waals surface area contributed by atoms with E-state index in [2.05, 4.69) is 26.1 Å². The highest BCUT2D eigenvalue weighted by Gasteiger charge is 2.68. The van der Waals surface area contributed by atoms with E-state index in [1.807, 2.05) is 58.3 Å². The molecule has 1 N–H and O–H groups in total. The van der Waals surface area contributed by atoms with Gasteiger partial charge in [0.1, 0.15) is 17.7 Å². The van der Waals surface area contributed by atoms with Crippen molar-refractivity contribution in [2.75, 3.05) is 41.4 Å². The average Bonchev–Trinajstić information content (AvgIpc) is 4.00. The van der Waals surface area contributed by atoms with Crippen LogP contribution < -0.4 is 5.32 Å². The molecular formula is C49H86BN5O10. The number of carbonyl (C=O) groups is 5. The Hall–Kier alpha value is -2.95. The molecule has 370 valence electrons. The van der Waals surface area contributed by atoms with Crippen molar-refractivity contribution in [1.82, 2.24) is 24.9 Å². The third-order valence-electron chi connectivity index (χ3n) is 16.2. The minimum absolute atomic E-state index is 0.00904. The highest BCUT2D eigenvalue weighted by atomic mass is 16.7. The Kier molecular flexibility index (Phi) is 16.9. The molecule has 3 aliphatic heterocycles. The molecule has 3 saturated carbocycles. The van der Waals surface area contributed by atoms with E-state index < -0.39 is 61.0 Å². The third-order valence-corrected chi connectivity index (χ3v) is 16.2. The average molecular weight is 916 g/mol. The first-order valence-corrected chi connectivity index (χ1v) is 24.8. The van der Waals surface area contributed by atoms with Crippen LogP contribution >= 0.6 is 0 Å². The van der Waals surface area contributed by atoms with Crippen LogP contribution in [0.4, 0.5) is 4.79 Å². The van der Waals surface area contributed by atoms with Gasteiger partial charge in [0.15, 0.2) is 0 Å². The van der Waals surface area contributed by atoms with Crippen LogP contribution in [-0.4, -0.2) is 157 Å². The quantitative estimate of drug-likeness (QED) is 0.157. The lowest BCUT2D eigenvalue weighted by Gasteiger charge is -2.63. The van der Waals surface area contributed by atoms with Crippen molar-refractivity contribution in [3.05, 3.63) is 0 Å². The van der Waals surface area contributed by atoms with Crippen molar-refractivity contribution >= 4 is 36.8 Å². The van der Waals surface area contributed by atoms with Crippen LogP contribution in [0, 0.1) is 40.9 Å². The zero-order valence-corrected chi connectivity index (χ0v) is 43.1. The van der Waals surface area contributed by atoms with Gasteiger partial charge in [0.25, 0.3) is 0 Å². The standard InChI is InChI=1S/C49H86BN5O10/c1-18-30(6)40(52(14)45(59)38(28(2)3)51-43(57)39(29(4)5)53(15)46(60)63-47(8,9)10)35(61-16)26-37(56)54-23-19-21-34(54)41(62-17)31(7)44(58)55-24-20-22-36(55)50-64-42-33-25-32(48(33,11)12)27-49(42,13)65-50/h28-36,38-42H,18-27H2,1-17H3,(H,51,57)/t30-,31+,32?,33?,34-,35+,36-,38-,39-,40-,41+,42?,49-/m0/s1. The molecule has 3 unspecified atom stereocenters. The van der Waals surface area contributed by atoms with Gasteiger partial charge >= 0.3 is 13.2 Å². The monoisotopic (exact) mass is 916 g/mol.